The minimum atomic E-state index is -0.468. The normalized spacial score (nSPS) is 34.3. The zero-order valence-electron chi connectivity index (χ0n) is 12.1. The Morgan fingerprint density at radius 2 is 2.05 bits per heavy atom. The third kappa shape index (κ3) is 2.27. The second-order valence-corrected chi connectivity index (χ2v) is 6.57. The van der Waals surface area contributed by atoms with Crippen LogP contribution in [-0.2, 0) is 4.74 Å². The molecule has 0 spiro atoms. The van der Waals surface area contributed by atoms with E-state index < -0.39 is 4.92 Å². The summed E-state index contributed by atoms with van der Waals surface area (Å²) in [4.78, 5) is 22.1. The van der Waals surface area contributed by atoms with E-state index in [1.54, 1.807) is 0 Å². The van der Waals surface area contributed by atoms with Crippen molar-refractivity contribution in [2.45, 2.75) is 31.5 Å². The molecule has 0 radical (unpaired) electrons. The van der Waals surface area contributed by atoms with Crippen molar-refractivity contribution in [2.24, 2.45) is 17.8 Å². The first-order valence-corrected chi connectivity index (χ1v) is 7.81. The van der Waals surface area contributed by atoms with Crippen LogP contribution in [0.3, 0.4) is 0 Å². The van der Waals surface area contributed by atoms with Crippen LogP contribution in [0.15, 0.2) is 24.3 Å². The number of ether oxygens (including phenoxy) is 1. The van der Waals surface area contributed by atoms with Gasteiger partial charge in [-0.3, -0.25) is 14.9 Å². The van der Waals surface area contributed by atoms with Gasteiger partial charge in [-0.15, -0.1) is 0 Å². The molecule has 1 saturated heterocycles. The van der Waals surface area contributed by atoms with Crippen LogP contribution < -0.4 is 5.32 Å². The minimum Gasteiger partial charge on any atom is -0.369 e. The predicted octanol–water partition coefficient (Wildman–Crippen LogP) is 2.14. The number of nitro benzene ring substituents is 1. The SMILES string of the molecule is O=C(NCCC1CC2CC1C1OC21)c1ccc([N+](=O)[O-])cc1. The third-order valence-corrected chi connectivity index (χ3v) is 5.37. The smallest absolute Gasteiger partial charge is 0.269 e. The summed E-state index contributed by atoms with van der Waals surface area (Å²) in [6.45, 7) is 0.654. The minimum absolute atomic E-state index is 0.00230. The van der Waals surface area contributed by atoms with Crippen LogP contribution in [-0.4, -0.2) is 29.6 Å². The average molecular weight is 302 g/mol. The molecule has 5 unspecified atom stereocenters. The Hall–Kier alpha value is -1.95. The Labute approximate surface area is 128 Å². The molecule has 4 rings (SSSR count). The van der Waals surface area contributed by atoms with Gasteiger partial charge < -0.3 is 10.1 Å². The number of hydrogen-bond donors (Lipinski definition) is 1. The average Bonchev–Trinajstić information content (AvgIpc) is 3.13. The van der Waals surface area contributed by atoms with Crippen molar-refractivity contribution in [3.8, 4) is 0 Å². The zero-order chi connectivity index (χ0) is 15.3. The highest BCUT2D eigenvalue weighted by atomic mass is 16.6. The van der Waals surface area contributed by atoms with E-state index in [0.717, 1.165) is 12.3 Å². The number of amides is 1. The van der Waals surface area contributed by atoms with Gasteiger partial charge in [-0.25, -0.2) is 0 Å². The first-order chi connectivity index (χ1) is 10.6. The van der Waals surface area contributed by atoms with Crippen molar-refractivity contribution in [3.63, 3.8) is 0 Å². The second-order valence-electron chi connectivity index (χ2n) is 6.57. The summed E-state index contributed by atoms with van der Waals surface area (Å²) in [6.07, 6.45) is 4.59. The molecule has 1 heterocycles. The number of rotatable bonds is 5. The number of epoxide rings is 1. The summed E-state index contributed by atoms with van der Waals surface area (Å²) in [5.41, 5.74) is 0.460. The van der Waals surface area contributed by atoms with Crippen LogP contribution in [0.2, 0.25) is 0 Å². The largest absolute Gasteiger partial charge is 0.369 e. The Bertz CT molecular complexity index is 615. The molecule has 1 N–H and O–H groups in total. The summed E-state index contributed by atoms with van der Waals surface area (Å²) < 4.78 is 5.65. The van der Waals surface area contributed by atoms with Gasteiger partial charge in [-0.1, -0.05) is 0 Å². The van der Waals surface area contributed by atoms with Crippen LogP contribution >= 0.6 is 0 Å². The molecule has 2 aliphatic carbocycles. The molecular formula is C16H18N2O4. The predicted molar refractivity (Wildman–Crippen MR) is 78.4 cm³/mol. The van der Waals surface area contributed by atoms with E-state index in [9.17, 15) is 14.9 Å². The molecule has 5 atom stereocenters. The van der Waals surface area contributed by atoms with E-state index in [1.807, 2.05) is 0 Å². The van der Waals surface area contributed by atoms with Gasteiger partial charge in [0.05, 0.1) is 17.1 Å². The molecule has 3 aliphatic rings. The molecule has 6 nitrogen and oxygen atoms in total. The number of hydrogen-bond acceptors (Lipinski definition) is 4. The number of carbonyl (C=O) groups excluding carboxylic acids is 1. The molecule has 2 bridgehead atoms. The molecule has 22 heavy (non-hydrogen) atoms. The first-order valence-electron chi connectivity index (χ1n) is 7.81. The van der Waals surface area contributed by atoms with Crippen LogP contribution in [0.5, 0.6) is 0 Å². The summed E-state index contributed by atoms with van der Waals surface area (Å²) >= 11 is 0. The van der Waals surface area contributed by atoms with E-state index in [0.29, 0.717) is 36.2 Å². The maximum absolute atomic E-state index is 12.0. The molecule has 1 aliphatic heterocycles. The topological polar surface area (TPSA) is 84.8 Å². The number of carbonyl (C=O) groups is 1. The summed E-state index contributed by atoms with van der Waals surface area (Å²) in [5, 5.41) is 13.5. The fourth-order valence-corrected chi connectivity index (χ4v) is 4.27. The van der Waals surface area contributed by atoms with Crippen LogP contribution in [0.1, 0.15) is 29.6 Å². The highest BCUT2D eigenvalue weighted by molar-refractivity contribution is 5.94. The maximum Gasteiger partial charge on any atom is 0.269 e. The third-order valence-electron chi connectivity index (χ3n) is 5.37. The Balaban J connectivity index is 1.27. The van der Waals surface area contributed by atoms with Crippen LogP contribution in [0.4, 0.5) is 5.69 Å². The van der Waals surface area contributed by atoms with Gasteiger partial charge in [0.1, 0.15) is 0 Å². The summed E-state index contributed by atoms with van der Waals surface area (Å²) in [6, 6.07) is 5.70. The quantitative estimate of drug-likeness (QED) is 0.513. The van der Waals surface area contributed by atoms with E-state index in [2.05, 4.69) is 5.32 Å². The van der Waals surface area contributed by atoms with Gasteiger partial charge in [-0.05, 0) is 49.1 Å². The Morgan fingerprint density at radius 3 is 2.68 bits per heavy atom. The van der Waals surface area contributed by atoms with Gasteiger partial charge in [0.15, 0.2) is 0 Å². The summed E-state index contributed by atoms with van der Waals surface area (Å²) in [5.74, 6) is 1.96. The molecular weight excluding hydrogens is 284 g/mol. The number of nitrogens with zero attached hydrogens (tertiary/aromatic N) is 1. The van der Waals surface area contributed by atoms with E-state index >= 15 is 0 Å². The number of fused-ring (bicyclic) bond motifs is 5. The fourth-order valence-electron chi connectivity index (χ4n) is 4.27. The molecule has 1 aromatic carbocycles. The number of nitro groups is 1. The number of nitrogens with one attached hydrogen (secondary N) is 1. The van der Waals surface area contributed by atoms with Crippen molar-refractivity contribution in [1.29, 1.82) is 0 Å². The molecule has 0 aromatic heterocycles. The number of non-ortho nitro benzene ring substituents is 1. The molecule has 1 amide bonds. The van der Waals surface area contributed by atoms with E-state index in [1.165, 1.54) is 37.1 Å². The molecule has 2 saturated carbocycles. The summed E-state index contributed by atoms with van der Waals surface area (Å²) in [7, 11) is 0. The molecule has 116 valence electrons. The van der Waals surface area contributed by atoms with Crippen molar-refractivity contribution in [3.05, 3.63) is 39.9 Å². The van der Waals surface area contributed by atoms with E-state index in [-0.39, 0.29) is 11.6 Å². The lowest BCUT2D eigenvalue weighted by Gasteiger charge is -2.19. The van der Waals surface area contributed by atoms with Crippen LogP contribution in [0.25, 0.3) is 0 Å². The van der Waals surface area contributed by atoms with E-state index in [4.69, 9.17) is 4.74 Å². The lowest BCUT2D eigenvalue weighted by Crippen LogP contribution is -2.28. The monoisotopic (exact) mass is 302 g/mol. The van der Waals surface area contributed by atoms with Gasteiger partial charge in [0.25, 0.3) is 11.6 Å². The highest BCUT2D eigenvalue weighted by Gasteiger charge is 2.62. The molecule has 6 heteroatoms. The zero-order valence-corrected chi connectivity index (χ0v) is 12.1. The Morgan fingerprint density at radius 1 is 1.27 bits per heavy atom. The van der Waals surface area contributed by atoms with Gasteiger partial charge in [-0.2, -0.15) is 0 Å². The van der Waals surface area contributed by atoms with Gasteiger partial charge in [0.2, 0.25) is 0 Å². The number of benzene rings is 1. The molecule has 3 fully saturated rings. The molecule has 1 aromatic rings. The fraction of sp³-hybridized carbons (Fsp3) is 0.562. The second kappa shape index (κ2) is 5.05. The van der Waals surface area contributed by atoms with Crippen molar-refractivity contribution >= 4 is 11.6 Å². The van der Waals surface area contributed by atoms with Gasteiger partial charge in [0, 0.05) is 24.2 Å². The van der Waals surface area contributed by atoms with Crippen molar-refractivity contribution in [2.75, 3.05) is 6.54 Å². The maximum atomic E-state index is 12.0. The highest BCUT2D eigenvalue weighted by Crippen LogP contribution is 2.59. The van der Waals surface area contributed by atoms with Gasteiger partial charge >= 0.3 is 0 Å². The van der Waals surface area contributed by atoms with Crippen LogP contribution in [0, 0.1) is 27.9 Å². The lowest BCUT2D eigenvalue weighted by atomic mass is 9.86. The Kier molecular flexibility index (Phi) is 3.14. The lowest BCUT2D eigenvalue weighted by molar-refractivity contribution is -0.384. The first kappa shape index (κ1) is 13.7. The van der Waals surface area contributed by atoms with Crippen molar-refractivity contribution < 1.29 is 14.5 Å². The van der Waals surface area contributed by atoms with Crippen molar-refractivity contribution in [1.82, 2.24) is 5.32 Å². The standard InChI is InChI=1S/C16H18N2O4/c19-16(9-1-3-12(4-2-9)18(20)21)17-6-5-10-7-11-8-13(10)15-14(11)22-15/h1-4,10-11,13-15H,5-8H2,(H,17,19).